The fourth-order valence-corrected chi connectivity index (χ4v) is 3.46. The van der Waals surface area contributed by atoms with Crippen LogP contribution in [0.2, 0.25) is 0 Å². The molecule has 0 bridgehead atoms. The summed E-state index contributed by atoms with van der Waals surface area (Å²) in [6.07, 6.45) is 7.45. The van der Waals surface area contributed by atoms with E-state index in [1.54, 1.807) is 6.08 Å². The Kier molecular flexibility index (Phi) is 4.30. The molecule has 108 valence electrons. The molecule has 0 radical (unpaired) electrons. The molecule has 5 nitrogen and oxygen atoms in total. The molecule has 1 amide bonds. The molecule has 1 fully saturated rings. The van der Waals surface area contributed by atoms with Crippen molar-refractivity contribution in [2.45, 2.75) is 38.6 Å². The molecule has 1 heterocycles. The Morgan fingerprint density at radius 1 is 1.37 bits per heavy atom. The van der Waals surface area contributed by atoms with Gasteiger partial charge in [0, 0.05) is 24.7 Å². The number of nitrogens with zero attached hydrogens (tertiary/aromatic N) is 1. The van der Waals surface area contributed by atoms with Crippen molar-refractivity contribution >= 4 is 15.9 Å². The van der Waals surface area contributed by atoms with E-state index in [1.807, 2.05) is 0 Å². The van der Waals surface area contributed by atoms with Gasteiger partial charge in [0.05, 0.1) is 6.26 Å². The van der Waals surface area contributed by atoms with Crippen molar-refractivity contribution in [2.75, 3.05) is 19.3 Å². The first-order chi connectivity index (χ1) is 8.88. The molecule has 0 aromatic carbocycles. The number of carbonyl (C=O) groups is 1. The molecule has 2 atom stereocenters. The summed E-state index contributed by atoms with van der Waals surface area (Å²) in [4.78, 5) is 12.1. The Morgan fingerprint density at radius 3 is 2.63 bits per heavy atom. The SMILES string of the molecule is C[C@@H]1CCCC[C@@H]1NC(=O)C1=CCN(S(C)(=O)=O)C1. The quantitative estimate of drug-likeness (QED) is 0.837. The van der Waals surface area contributed by atoms with Gasteiger partial charge in [-0.05, 0) is 18.8 Å². The molecule has 1 saturated carbocycles. The van der Waals surface area contributed by atoms with E-state index in [-0.39, 0.29) is 18.5 Å². The van der Waals surface area contributed by atoms with E-state index >= 15 is 0 Å². The smallest absolute Gasteiger partial charge is 0.248 e. The van der Waals surface area contributed by atoms with E-state index < -0.39 is 10.0 Å². The molecular weight excluding hydrogens is 264 g/mol. The summed E-state index contributed by atoms with van der Waals surface area (Å²) >= 11 is 0. The van der Waals surface area contributed by atoms with Gasteiger partial charge in [0.15, 0.2) is 0 Å². The van der Waals surface area contributed by atoms with Crippen molar-refractivity contribution in [3.05, 3.63) is 11.6 Å². The highest BCUT2D eigenvalue weighted by atomic mass is 32.2. The van der Waals surface area contributed by atoms with Crippen LogP contribution in [0.5, 0.6) is 0 Å². The highest BCUT2D eigenvalue weighted by Gasteiger charge is 2.28. The maximum Gasteiger partial charge on any atom is 0.248 e. The second-order valence-corrected chi connectivity index (χ2v) is 7.61. The standard InChI is InChI=1S/C13H22N2O3S/c1-10-5-3-4-6-12(10)14-13(16)11-7-8-15(9-11)19(2,17)18/h7,10,12H,3-6,8-9H2,1-2H3,(H,14,16)/t10-,12+/m1/s1. The lowest BCUT2D eigenvalue weighted by atomic mass is 9.86. The zero-order valence-electron chi connectivity index (χ0n) is 11.6. The highest BCUT2D eigenvalue weighted by Crippen LogP contribution is 2.24. The molecule has 0 aromatic heterocycles. The van der Waals surface area contributed by atoms with E-state index in [2.05, 4.69) is 12.2 Å². The number of hydrogen-bond acceptors (Lipinski definition) is 3. The molecule has 1 aliphatic heterocycles. The van der Waals surface area contributed by atoms with Crippen LogP contribution in [0.15, 0.2) is 11.6 Å². The average molecular weight is 286 g/mol. The van der Waals surface area contributed by atoms with Crippen LogP contribution in [-0.4, -0.2) is 44.0 Å². The second kappa shape index (κ2) is 5.63. The molecule has 2 rings (SSSR count). The molecule has 0 spiro atoms. The Balaban J connectivity index is 1.91. The Labute approximate surface area is 115 Å². The van der Waals surface area contributed by atoms with Crippen LogP contribution in [0.25, 0.3) is 0 Å². The van der Waals surface area contributed by atoms with Gasteiger partial charge >= 0.3 is 0 Å². The minimum absolute atomic E-state index is 0.107. The number of hydrogen-bond donors (Lipinski definition) is 1. The molecule has 1 aliphatic carbocycles. The monoisotopic (exact) mass is 286 g/mol. The van der Waals surface area contributed by atoms with Gasteiger partial charge < -0.3 is 5.32 Å². The predicted octanol–water partition coefficient (Wildman–Crippen LogP) is 0.883. The minimum atomic E-state index is -3.21. The lowest BCUT2D eigenvalue weighted by molar-refractivity contribution is -0.118. The fraction of sp³-hybridized carbons (Fsp3) is 0.769. The van der Waals surface area contributed by atoms with E-state index in [9.17, 15) is 13.2 Å². The van der Waals surface area contributed by atoms with Crippen LogP contribution in [0.3, 0.4) is 0 Å². The minimum Gasteiger partial charge on any atom is -0.349 e. The molecule has 6 heteroatoms. The van der Waals surface area contributed by atoms with Crippen LogP contribution in [-0.2, 0) is 14.8 Å². The summed E-state index contributed by atoms with van der Waals surface area (Å²) in [5, 5.41) is 3.05. The third-order valence-electron chi connectivity index (χ3n) is 4.08. The van der Waals surface area contributed by atoms with Gasteiger partial charge in [-0.3, -0.25) is 4.79 Å². The first kappa shape index (κ1) is 14.5. The normalized spacial score (nSPS) is 29.1. The molecule has 0 aromatic rings. The Bertz CT molecular complexity index is 484. The Morgan fingerprint density at radius 2 is 2.05 bits per heavy atom. The highest BCUT2D eigenvalue weighted by molar-refractivity contribution is 7.88. The molecule has 19 heavy (non-hydrogen) atoms. The molecule has 0 saturated heterocycles. The summed E-state index contributed by atoms with van der Waals surface area (Å²) in [5.74, 6) is 0.399. The summed E-state index contributed by atoms with van der Waals surface area (Å²) in [7, 11) is -3.21. The van der Waals surface area contributed by atoms with Gasteiger partial charge in [0.25, 0.3) is 0 Å². The van der Waals surface area contributed by atoms with Gasteiger partial charge in [-0.15, -0.1) is 0 Å². The van der Waals surface area contributed by atoms with Crippen molar-refractivity contribution in [2.24, 2.45) is 5.92 Å². The Hall–Kier alpha value is -0.880. The van der Waals surface area contributed by atoms with Crippen LogP contribution < -0.4 is 5.32 Å². The van der Waals surface area contributed by atoms with E-state index in [4.69, 9.17) is 0 Å². The summed E-state index contributed by atoms with van der Waals surface area (Å²) < 4.78 is 24.1. The molecule has 0 unspecified atom stereocenters. The number of carbonyl (C=O) groups excluding carboxylic acids is 1. The second-order valence-electron chi connectivity index (χ2n) is 5.63. The van der Waals surface area contributed by atoms with Gasteiger partial charge in [0.1, 0.15) is 0 Å². The lowest BCUT2D eigenvalue weighted by Crippen LogP contribution is -2.42. The maximum absolute atomic E-state index is 12.1. The van der Waals surface area contributed by atoms with E-state index in [0.29, 0.717) is 18.0 Å². The average Bonchev–Trinajstić information content (AvgIpc) is 2.81. The summed E-state index contributed by atoms with van der Waals surface area (Å²) in [6, 6.07) is 0.231. The topological polar surface area (TPSA) is 66.5 Å². The maximum atomic E-state index is 12.1. The van der Waals surface area contributed by atoms with Crippen molar-refractivity contribution < 1.29 is 13.2 Å². The zero-order chi connectivity index (χ0) is 14.0. The van der Waals surface area contributed by atoms with Crippen molar-refractivity contribution in [1.29, 1.82) is 0 Å². The van der Waals surface area contributed by atoms with Crippen LogP contribution in [0, 0.1) is 5.92 Å². The summed E-state index contributed by atoms with van der Waals surface area (Å²) in [6.45, 7) is 2.67. The zero-order valence-corrected chi connectivity index (χ0v) is 12.4. The number of rotatable bonds is 3. The number of sulfonamides is 1. The molecule has 1 N–H and O–H groups in total. The van der Waals surface area contributed by atoms with Crippen molar-refractivity contribution in [3.8, 4) is 0 Å². The first-order valence-corrected chi connectivity index (χ1v) is 8.68. The van der Waals surface area contributed by atoms with Crippen LogP contribution in [0.4, 0.5) is 0 Å². The predicted molar refractivity (Wildman–Crippen MR) is 74.1 cm³/mol. The van der Waals surface area contributed by atoms with Crippen molar-refractivity contribution in [1.82, 2.24) is 9.62 Å². The van der Waals surface area contributed by atoms with Gasteiger partial charge in [-0.1, -0.05) is 25.8 Å². The van der Waals surface area contributed by atoms with Gasteiger partial charge in [-0.25, -0.2) is 8.42 Å². The van der Waals surface area contributed by atoms with Crippen molar-refractivity contribution in [3.63, 3.8) is 0 Å². The number of amides is 1. The molecular formula is C13H22N2O3S. The number of nitrogens with one attached hydrogen (secondary N) is 1. The summed E-state index contributed by atoms with van der Waals surface area (Å²) in [5.41, 5.74) is 0.572. The lowest BCUT2D eigenvalue weighted by Gasteiger charge is -2.29. The third kappa shape index (κ3) is 3.57. The van der Waals surface area contributed by atoms with Crippen LogP contribution >= 0.6 is 0 Å². The van der Waals surface area contributed by atoms with E-state index in [1.165, 1.54) is 17.0 Å². The molecule has 2 aliphatic rings. The van der Waals surface area contributed by atoms with Gasteiger partial charge in [0.2, 0.25) is 15.9 Å². The van der Waals surface area contributed by atoms with Gasteiger partial charge in [-0.2, -0.15) is 4.31 Å². The third-order valence-corrected chi connectivity index (χ3v) is 5.29. The largest absolute Gasteiger partial charge is 0.349 e. The van der Waals surface area contributed by atoms with E-state index in [0.717, 1.165) is 19.3 Å². The first-order valence-electron chi connectivity index (χ1n) is 6.83. The fourth-order valence-electron chi connectivity index (χ4n) is 2.74. The van der Waals surface area contributed by atoms with Crippen LogP contribution in [0.1, 0.15) is 32.6 Å².